The van der Waals surface area contributed by atoms with Crippen molar-refractivity contribution < 1.29 is 5.11 Å². The third-order valence-electron chi connectivity index (χ3n) is 3.96. The molecule has 2 aromatic carbocycles. The van der Waals surface area contributed by atoms with Gasteiger partial charge < -0.3 is 5.11 Å². The van der Waals surface area contributed by atoms with Gasteiger partial charge >= 0.3 is 0 Å². The molecule has 24 heavy (non-hydrogen) atoms. The maximum atomic E-state index is 12.8. The molecule has 0 atom stereocenters. The molecular formula is C18H13ClN2O2S. The predicted molar refractivity (Wildman–Crippen MR) is 98.2 cm³/mol. The standard InChI is InChI=1S/C18H13ClN2O2S/c1-9-5-10(2)16-13(6-9)21-17(23)15(24-18(21)20-16)8-11-7-12(19)3-4-14(11)22/h3-8,22H,1-2H3. The summed E-state index contributed by atoms with van der Waals surface area (Å²) in [6, 6.07) is 8.77. The van der Waals surface area contributed by atoms with E-state index in [1.54, 1.807) is 22.6 Å². The molecular weight excluding hydrogens is 344 g/mol. The van der Waals surface area contributed by atoms with Crippen LogP contribution in [0.5, 0.6) is 5.75 Å². The molecule has 0 bridgehead atoms. The number of hydrogen-bond donors (Lipinski definition) is 1. The second-order valence-electron chi connectivity index (χ2n) is 5.80. The minimum Gasteiger partial charge on any atom is -0.507 e. The van der Waals surface area contributed by atoms with Crippen LogP contribution in [-0.4, -0.2) is 14.5 Å². The first kappa shape index (κ1) is 15.2. The number of imidazole rings is 1. The summed E-state index contributed by atoms with van der Waals surface area (Å²) in [5.41, 5.74) is 4.19. The summed E-state index contributed by atoms with van der Waals surface area (Å²) in [5, 5.41) is 10.5. The molecule has 2 aromatic heterocycles. The molecule has 4 aromatic rings. The van der Waals surface area contributed by atoms with E-state index in [-0.39, 0.29) is 11.3 Å². The van der Waals surface area contributed by atoms with E-state index in [1.165, 1.54) is 17.4 Å². The lowest BCUT2D eigenvalue weighted by Crippen LogP contribution is -2.22. The maximum absolute atomic E-state index is 12.8. The largest absolute Gasteiger partial charge is 0.507 e. The minimum absolute atomic E-state index is 0.0846. The summed E-state index contributed by atoms with van der Waals surface area (Å²) in [6.07, 6.45) is 1.65. The highest BCUT2D eigenvalue weighted by Crippen LogP contribution is 2.23. The smallest absolute Gasteiger partial charge is 0.274 e. The number of aryl methyl sites for hydroxylation is 2. The SMILES string of the molecule is Cc1cc(C)c2nc3sc(=Cc4cc(Cl)ccc4O)c(=O)n3c2c1. The highest BCUT2D eigenvalue weighted by molar-refractivity contribution is 7.15. The van der Waals surface area contributed by atoms with Crippen molar-refractivity contribution in [1.29, 1.82) is 0 Å². The van der Waals surface area contributed by atoms with Crippen LogP contribution in [0.1, 0.15) is 16.7 Å². The fourth-order valence-electron chi connectivity index (χ4n) is 2.89. The van der Waals surface area contributed by atoms with Gasteiger partial charge in [-0.1, -0.05) is 29.0 Å². The summed E-state index contributed by atoms with van der Waals surface area (Å²) in [4.78, 5) is 18.1. The second-order valence-corrected chi connectivity index (χ2v) is 7.24. The van der Waals surface area contributed by atoms with E-state index < -0.39 is 0 Å². The summed E-state index contributed by atoms with van der Waals surface area (Å²) in [5.74, 6) is 0.0846. The van der Waals surface area contributed by atoms with Crippen molar-refractivity contribution in [2.24, 2.45) is 0 Å². The van der Waals surface area contributed by atoms with Crippen molar-refractivity contribution in [3.63, 3.8) is 0 Å². The van der Waals surface area contributed by atoms with Gasteiger partial charge in [-0.2, -0.15) is 0 Å². The van der Waals surface area contributed by atoms with Crippen molar-refractivity contribution in [1.82, 2.24) is 9.38 Å². The molecule has 4 nitrogen and oxygen atoms in total. The van der Waals surface area contributed by atoms with Gasteiger partial charge in [-0.3, -0.25) is 4.79 Å². The van der Waals surface area contributed by atoms with E-state index in [1.807, 2.05) is 19.9 Å². The van der Waals surface area contributed by atoms with Gasteiger partial charge in [0.2, 0.25) is 0 Å². The molecule has 0 aliphatic heterocycles. The van der Waals surface area contributed by atoms with Gasteiger partial charge in [0, 0.05) is 10.6 Å². The molecule has 0 aliphatic rings. The average Bonchev–Trinajstić information content (AvgIpc) is 3.01. The number of aromatic hydroxyl groups is 1. The van der Waals surface area contributed by atoms with Crippen LogP contribution in [0, 0.1) is 13.8 Å². The molecule has 0 unspecified atom stereocenters. The summed E-state index contributed by atoms with van der Waals surface area (Å²) in [6.45, 7) is 3.99. The minimum atomic E-state index is -0.137. The lowest BCUT2D eigenvalue weighted by atomic mass is 10.1. The summed E-state index contributed by atoms with van der Waals surface area (Å²) in [7, 11) is 0. The number of thiazole rings is 1. The fraction of sp³-hybridized carbons (Fsp3) is 0.111. The van der Waals surface area contributed by atoms with Gasteiger partial charge in [-0.25, -0.2) is 9.38 Å². The molecule has 120 valence electrons. The Kier molecular flexibility index (Phi) is 3.37. The first-order chi connectivity index (χ1) is 11.4. The van der Waals surface area contributed by atoms with Crippen molar-refractivity contribution in [2.45, 2.75) is 13.8 Å². The third kappa shape index (κ3) is 2.28. The molecule has 1 N–H and O–H groups in total. The van der Waals surface area contributed by atoms with Crippen molar-refractivity contribution in [3.8, 4) is 5.75 Å². The number of benzene rings is 2. The number of phenols is 1. The van der Waals surface area contributed by atoms with Gasteiger partial charge in [0.25, 0.3) is 5.56 Å². The van der Waals surface area contributed by atoms with Crippen LogP contribution in [0.25, 0.3) is 22.1 Å². The Morgan fingerprint density at radius 2 is 2.04 bits per heavy atom. The third-order valence-corrected chi connectivity index (χ3v) is 5.16. The van der Waals surface area contributed by atoms with E-state index in [0.717, 1.165) is 22.2 Å². The molecule has 0 aliphatic carbocycles. The number of fused-ring (bicyclic) bond motifs is 3. The molecule has 6 heteroatoms. The van der Waals surface area contributed by atoms with E-state index in [2.05, 4.69) is 11.1 Å². The van der Waals surface area contributed by atoms with Crippen molar-refractivity contribution >= 4 is 45.0 Å². The van der Waals surface area contributed by atoms with Crippen LogP contribution in [0.2, 0.25) is 5.02 Å². The zero-order chi connectivity index (χ0) is 17.0. The molecule has 0 amide bonds. The van der Waals surface area contributed by atoms with Gasteiger partial charge in [0.1, 0.15) is 5.75 Å². The highest BCUT2D eigenvalue weighted by atomic mass is 35.5. The predicted octanol–water partition coefficient (Wildman–Crippen LogP) is 3.43. The number of rotatable bonds is 1. The van der Waals surface area contributed by atoms with E-state index in [9.17, 15) is 9.90 Å². The number of hydrogen-bond acceptors (Lipinski definition) is 4. The van der Waals surface area contributed by atoms with Crippen LogP contribution in [-0.2, 0) is 0 Å². The lowest BCUT2D eigenvalue weighted by molar-refractivity contribution is 0.474. The normalized spacial score (nSPS) is 12.5. The quantitative estimate of drug-likeness (QED) is 0.568. The Balaban J connectivity index is 2.05. The van der Waals surface area contributed by atoms with Crippen LogP contribution < -0.4 is 10.1 Å². The number of halogens is 1. The van der Waals surface area contributed by atoms with Gasteiger partial charge in [0.15, 0.2) is 4.96 Å². The zero-order valence-electron chi connectivity index (χ0n) is 13.0. The molecule has 0 saturated carbocycles. The first-order valence-corrected chi connectivity index (χ1v) is 8.56. The summed E-state index contributed by atoms with van der Waals surface area (Å²) >= 11 is 7.27. The van der Waals surface area contributed by atoms with Gasteiger partial charge in [0.05, 0.1) is 15.6 Å². The Bertz CT molecular complexity index is 1220. The molecule has 4 rings (SSSR count). The van der Waals surface area contributed by atoms with E-state index in [0.29, 0.717) is 20.1 Å². The van der Waals surface area contributed by atoms with E-state index in [4.69, 9.17) is 11.6 Å². The Morgan fingerprint density at radius 3 is 2.83 bits per heavy atom. The van der Waals surface area contributed by atoms with Gasteiger partial charge in [-0.15, -0.1) is 0 Å². The van der Waals surface area contributed by atoms with Crippen LogP contribution >= 0.6 is 22.9 Å². The lowest BCUT2D eigenvalue weighted by Gasteiger charge is -1.98. The van der Waals surface area contributed by atoms with E-state index >= 15 is 0 Å². The molecule has 0 fully saturated rings. The zero-order valence-corrected chi connectivity index (χ0v) is 14.6. The summed E-state index contributed by atoms with van der Waals surface area (Å²) < 4.78 is 2.14. The number of nitrogens with zero attached hydrogens (tertiary/aromatic N) is 2. The highest BCUT2D eigenvalue weighted by Gasteiger charge is 2.13. The Morgan fingerprint density at radius 1 is 1.25 bits per heavy atom. The van der Waals surface area contributed by atoms with Crippen molar-refractivity contribution in [2.75, 3.05) is 0 Å². The average molecular weight is 357 g/mol. The second kappa shape index (κ2) is 5.33. The van der Waals surface area contributed by atoms with Gasteiger partial charge in [-0.05, 0) is 55.3 Å². The molecule has 0 radical (unpaired) electrons. The van der Waals surface area contributed by atoms with Crippen LogP contribution in [0.3, 0.4) is 0 Å². The maximum Gasteiger partial charge on any atom is 0.274 e. The number of aromatic nitrogens is 2. The number of phenolic OH excluding ortho intramolecular Hbond substituents is 1. The fourth-order valence-corrected chi connectivity index (χ4v) is 4.04. The first-order valence-electron chi connectivity index (χ1n) is 7.36. The molecule has 0 saturated heterocycles. The van der Waals surface area contributed by atoms with Crippen LogP contribution in [0.4, 0.5) is 0 Å². The Labute approximate surface area is 146 Å². The van der Waals surface area contributed by atoms with Crippen molar-refractivity contribution in [3.05, 3.63) is 66.9 Å². The molecule has 2 heterocycles. The molecule has 0 spiro atoms. The monoisotopic (exact) mass is 356 g/mol. The topological polar surface area (TPSA) is 54.6 Å². The van der Waals surface area contributed by atoms with Crippen LogP contribution in [0.15, 0.2) is 35.1 Å². The Hall–Kier alpha value is -2.37.